The molecule has 2 rings (SSSR count). The van der Waals surface area contributed by atoms with E-state index >= 15 is 0 Å². The molecule has 0 spiro atoms. The van der Waals surface area contributed by atoms with Crippen molar-refractivity contribution in [2.24, 2.45) is 0 Å². The van der Waals surface area contributed by atoms with Gasteiger partial charge in [-0.05, 0) is 37.6 Å². The molecule has 0 aliphatic heterocycles. The van der Waals surface area contributed by atoms with Gasteiger partial charge in [0.15, 0.2) is 6.10 Å². The van der Waals surface area contributed by atoms with Crippen LogP contribution < -0.4 is 5.32 Å². The summed E-state index contributed by atoms with van der Waals surface area (Å²) < 4.78 is 5.09. The summed E-state index contributed by atoms with van der Waals surface area (Å²) in [6.07, 6.45) is -1.09. The van der Waals surface area contributed by atoms with Gasteiger partial charge in [0.05, 0.1) is 11.3 Å². The van der Waals surface area contributed by atoms with Crippen molar-refractivity contribution in [2.45, 2.75) is 20.0 Å². The van der Waals surface area contributed by atoms with Gasteiger partial charge in [0, 0.05) is 0 Å². The number of nitrogens with zero attached hydrogens (tertiary/aromatic N) is 1. The van der Waals surface area contributed by atoms with Crippen LogP contribution in [0.25, 0.3) is 0 Å². The molecular weight excluding hydrogens is 308 g/mol. The number of benzene rings is 2. The molecule has 1 amide bonds. The first-order chi connectivity index (χ1) is 11.4. The van der Waals surface area contributed by atoms with Gasteiger partial charge in [0.2, 0.25) is 0 Å². The van der Waals surface area contributed by atoms with Crippen molar-refractivity contribution < 1.29 is 19.4 Å². The quantitative estimate of drug-likeness (QED) is 0.842. The number of esters is 1. The minimum Gasteiger partial charge on any atom is -0.507 e. The van der Waals surface area contributed by atoms with Crippen molar-refractivity contribution in [3.63, 3.8) is 0 Å². The van der Waals surface area contributed by atoms with Crippen LogP contribution in [0.1, 0.15) is 28.4 Å². The molecule has 6 heteroatoms. The number of aromatic hydroxyl groups is 1. The summed E-state index contributed by atoms with van der Waals surface area (Å²) >= 11 is 0. The fourth-order valence-corrected chi connectivity index (χ4v) is 2.03. The van der Waals surface area contributed by atoms with E-state index in [-0.39, 0.29) is 11.3 Å². The zero-order chi connectivity index (χ0) is 17.7. The average molecular weight is 324 g/mol. The molecule has 0 saturated carbocycles. The highest BCUT2D eigenvalue weighted by Gasteiger charge is 2.22. The van der Waals surface area contributed by atoms with Gasteiger partial charge in [0.25, 0.3) is 5.91 Å². The smallest absolute Gasteiger partial charge is 0.342 e. The fraction of sp³-hybridized carbons (Fsp3) is 0.167. The van der Waals surface area contributed by atoms with Gasteiger partial charge in [0.1, 0.15) is 17.4 Å². The highest BCUT2D eigenvalue weighted by atomic mass is 16.5. The Bertz CT molecular complexity index is 824. The molecule has 0 aliphatic rings. The van der Waals surface area contributed by atoms with Crippen LogP contribution >= 0.6 is 0 Å². The number of rotatable bonds is 4. The summed E-state index contributed by atoms with van der Waals surface area (Å²) in [6.45, 7) is 3.07. The van der Waals surface area contributed by atoms with Crippen molar-refractivity contribution in [3.8, 4) is 11.8 Å². The minimum absolute atomic E-state index is 0.00734. The lowest BCUT2D eigenvalue weighted by Gasteiger charge is -2.15. The van der Waals surface area contributed by atoms with Crippen LogP contribution in [0.15, 0.2) is 42.5 Å². The number of ether oxygens (including phenoxy) is 1. The summed E-state index contributed by atoms with van der Waals surface area (Å²) in [5.41, 5.74) is 1.17. The third-order valence-corrected chi connectivity index (χ3v) is 3.42. The molecule has 1 unspecified atom stereocenters. The van der Waals surface area contributed by atoms with Crippen LogP contribution in [0.5, 0.6) is 5.75 Å². The number of anilines is 1. The molecule has 2 N–H and O–H groups in total. The highest BCUT2D eigenvalue weighted by molar-refractivity contribution is 5.99. The zero-order valence-corrected chi connectivity index (χ0v) is 13.2. The topological polar surface area (TPSA) is 99.4 Å². The molecule has 0 radical (unpaired) electrons. The molecule has 6 nitrogen and oxygen atoms in total. The molecule has 2 aromatic rings. The molecule has 0 aliphatic carbocycles. The Labute approximate surface area is 139 Å². The van der Waals surface area contributed by atoms with Gasteiger partial charge in [-0.15, -0.1) is 0 Å². The van der Waals surface area contributed by atoms with Crippen LogP contribution in [0.2, 0.25) is 0 Å². The number of amides is 1. The standard InChI is InChI=1S/C18H16N2O4/c1-11-6-5-8-14(16(11)21)18(23)24-12(2)17(22)20-15-9-4-3-7-13(15)10-19/h3-9,12,21H,1-2H3,(H,20,22). The van der Waals surface area contributed by atoms with Gasteiger partial charge in [-0.3, -0.25) is 4.79 Å². The van der Waals surface area contributed by atoms with E-state index < -0.39 is 18.0 Å². The van der Waals surface area contributed by atoms with Gasteiger partial charge in [-0.2, -0.15) is 5.26 Å². The number of carbonyl (C=O) groups is 2. The lowest BCUT2D eigenvalue weighted by atomic mass is 10.1. The number of hydrogen-bond acceptors (Lipinski definition) is 5. The van der Waals surface area contributed by atoms with Crippen LogP contribution in [-0.4, -0.2) is 23.1 Å². The molecule has 0 fully saturated rings. The SMILES string of the molecule is Cc1cccc(C(=O)OC(C)C(=O)Nc2ccccc2C#N)c1O. The first kappa shape index (κ1) is 17.0. The zero-order valence-electron chi connectivity index (χ0n) is 13.2. The van der Waals surface area contributed by atoms with Gasteiger partial charge in [-0.25, -0.2) is 4.79 Å². The van der Waals surface area contributed by atoms with E-state index in [1.807, 2.05) is 6.07 Å². The summed E-state index contributed by atoms with van der Waals surface area (Å²) in [5.74, 6) is -1.55. The van der Waals surface area contributed by atoms with E-state index in [1.54, 1.807) is 43.3 Å². The van der Waals surface area contributed by atoms with Gasteiger partial charge >= 0.3 is 5.97 Å². The Morgan fingerprint density at radius 2 is 1.92 bits per heavy atom. The third kappa shape index (κ3) is 3.70. The number of hydrogen-bond donors (Lipinski definition) is 2. The number of nitriles is 1. The monoisotopic (exact) mass is 324 g/mol. The number of aryl methyl sites for hydroxylation is 1. The Morgan fingerprint density at radius 3 is 2.62 bits per heavy atom. The maximum Gasteiger partial charge on any atom is 0.342 e. The van der Waals surface area contributed by atoms with E-state index in [2.05, 4.69) is 5.32 Å². The van der Waals surface area contributed by atoms with Gasteiger partial charge in [-0.1, -0.05) is 24.3 Å². The number of phenols is 1. The van der Waals surface area contributed by atoms with E-state index in [0.717, 1.165) is 0 Å². The predicted octanol–water partition coefficient (Wildman–Crippen LogP) is 2.76. The summed E-state index contributed by atoms with van der Waals surface area (Å²) in [6, 6.07) is 13.2. The van der Waals surface area contributed by atoms with Crippen molar-refractivity contribution in [1.29, 1.82) is 5.26 Å². The van der Waals surface area contributed by atoms with E-state index in [1.165, 1.54) is 13.0 Å². The summed E-state index contributed by atoms with van der Waals surface area (Å²) in [5, 5.41) is 21.4. The maximum absolute atomic E-state index is 12.1. The predicted molar refractivity (Wildman–Crippen MR) is 87.5 cm³/mol. The Morgan fingerprint density at radius 1 is 1.21 bits per heavy atom. The number of nitrogens with one attached hydrogen (secondary N) is 1. The highest BCUT2D eigenvalue weighted by Crippen LogP contribution is 2.22. The average Bonchev–Trinajstić information content (AvgIpc) is 2.57. The normalized spacial score (nSPS) is 11.2. The fourth-order valence-electron chi connectivity index (χ4n) is 2.03. The van der Waals surface area contributed by atoms with E-state index in [9.17, 15) is 14.7 Å². The Hall–Kier alpha value is -3.33. The van der Waals surface area contributed by atoms with Crippen molar-refractivity contribution >= 4 is 17.6 Å². The number of carbonyl (C=O) groups excluding carboxylic acids is 2. The second-order valence-electron chi connectivity index (χ2n) is 5.17. The van der Waals surface area contributed by atoms with Crippen molar-refractivity contribution in [2.75, 3.05) is 5.32 Å². The largest absolute Gasteiger partial charge is 0.507 e. The van der Waals surface area contributed by atoms with Crippen LogP contribution in [0, 0.1) is 18.3 Å². The van der Waals surface area contributed by atoms with Crippen LogP contribution in [0.4, 0.5) is 5.69 Å². The molecule has 24 heavy (non-hydrogen) atoms. The molecule has 0 saturated heterocycles. The Balaban J connectivity index is 2.08. The lowest BCUT2D eigenvalue weighted by molar-refractivity contribution is -0.123. The Kier molecular flexibility index (Phi) is 5.17. The molecule has 1 atom stereocenters. The number of phenolic OH excluding ortho intramolecular Hbond substituents is 1. The van der Waals surface area contributed by atoms with Gasteiger partial charge < -0.3 is 15.2 Å². The number of para-hydroxylation sites is 2. The first-order valence-electron chi connectivity index (χ1n) is 7.23. The third-order valence-electron chi connectivity index (χ3n) is 3.42. The minimum atomic E-state index is -1.09. The molecular formula is C18H16N2O4. The van der Waals surface area contributed by atoms with Crippen molar-refractivity contribution in [1.82, 2.24) is 0 Å². The molecule has 122 valence electrons. The molecule has 2 aromatic carbocycles. The van der Waals surface area contributed by atoms with Crippen LogP contribution in [-0.2, 0) is 9.53 Å². The van der Waals surface area contributed by atoms with E-state index in [4.69, 9.17) is 10.00 Å². The summed E-state index contributed by atoms with van der Waals surface area (Å²) in [4.78, 5) is 24.2. The second-order valence-corrected chi connectivity index (χ2v) is 5.17. The summed E-state index contributed by atoms with van der Waals surface area (Å²) in [7, 11) is 0. The molecule has 0 bridgehead atoms. The van der Waals surface area contributed by atoms with Crippen molar-refractivity contribution in [3.05, 3.63) is 59.2 Å². The van der Waals surface area contributed by atoms with Crippen LogP contribution in [0.3, 0.4) is 0 Å². The lowest BCUT2D eigenvalue weighted by Crippen LogP contribution is -2.30. The van der Waals surface area contributed by atoms with E-state index in [0.29, 0.717) is 16.8 Å². The maximum atomic E-state index is 12.1. The molecule has 0 heterocycles. The molecule has 0 aromatic heterocycles. The second kappa shape index (κ2) is 7.29. The first-order valence-corrected chi connectivity index (χ1v) is 7.23.